The van der Waals surface area contributed by atoms with Gasteiger partial charge in [0, 0.05) is 11.4 Å². The summed E-state index contributed by atoms with van der Waals surface area (Å²) in [5, 5.41) is 6.48. The second-order valence-corrected chi connectivity index (χ2v) is 8.04. The Morgan fingerprint density at radius 3 is 2.42 bits per heavy atom. The third kappa shape index (κ3) is 3.28. The zero-order chi connectivity index (χ0) is 21.5. The summed E-state index contributed by atoms with van der Waals surface area (Å²) in [5.41, 5.74) is 7.45. The summed E-state index contributed by atoms with van der Waals surface area (Å²) in [6, 6.07) is 23.9. The number of benzene rings is 3. The zero-order valence-corrected chi connectivity index (χ0v) is 17.8. The predicted molar refractivity (Wildman–Crippen MR) is 125 cm³/mol. The van der Waals surface area contributed by atoms with E-state index in [4.69, 9.17) is 4.98 Å². The summed E-state index contributed by atoms with van der Waals surface area (Å²) >= 11 is 0. The number of allylic oxidation sites excluding steroid dienone is 1. The Morgan fingerprint density at radius 1 is 0.935 bits per heavy atom. The first kappa shape index (κ1) is 19.1. The predicted octanol–water partition coefficient (Wildman–Crippen LogP) is 5.58. The molecule has 0 radical (unpaired) electrons. The van der Waals surface area contributed by atoms with Gasteiger partial charge in [-0.3, -0.25) is 9.36 Å². The Bertz CT molecular complexity index is 1330. The van der Waals surface area contributed by atoms with E-state index >= 15 is 0 Å². The van der Waals surface area contributed by atoms with Crippen LogP contribution in [0, 0.1) is 13.8 Å². The number of aromatic nitrogens is 2. The van der Waals surface area contributed by atoms with E-state index < -0.39 is 0 Å². The van der Waals surface area contributed by atoms with Crippen LogP contribution in [0.1, 0.15) is 29.7 Å². The molecular formula is C26H24N4O. The quantitative estimate of drug-likeness (QED) is 0.465. The third-order valence-corrected chi connectivity index (χ3v) is 5.86. The molecule has 154 valence electrons. The number of rotatable bonds is 3. The molecule has 0 saturated heterocycles. The van der Waals surface area contributed by atoms with Crippen LogP contribution in [-0.4, -0.2) is 15.5 Å². The molecule has 2 heterocycles. The van der Waals surface area contributed by atoms with Crippen molar-refractivity contribution >= 4 is 28.6 Å². The molecule has 1 atom stereocenters. The van der Waals surface area contributed by atoms with Crippen LogP contribution in [-0.2, 0) is 4.79 Å². The van der Waals surface area contributed by atoms with E-state index in [9.17, 15) is 4.79 Å². The fraction of sp³-hybridized carbons (Fsp3) is 0.154. The molecule has 0 saturated carbocycles. The van der Waals surface area contributed by atoms with Gasteiger partial charge >= 0.3 is 0 Å². The maximum atomic E-state index is 13.6. The van der Waals surface area contributed by atoms with Crippen molar-refractivity contribution in [1.29, 1.82) is 0 Å². The summed E-state index contributed by atoms with van der Waals surface area (Å²) in [6.07, 6.45) is 0. The standard InChI is InChI=1S/C26H24N4O/c1-16-12-14-19(15-13-16)24-23(25(31)28-20-9-5-4-8-17(20)2)18(3)27-26-29-21-10-6-7-11-22(21)30(24)26/h4-15,24H,1-3H3,(H,27,29)(H,28,31). The van der Waals surface area contributed by atoms with Gasteiger partial charge in [0.2, 0.25) is 5.95 Å². The summed E-state index contributed by atoms with van der Waals surface area (Å²) in [5.74, 6) is 0.630. The highest BCUT2D eigenvalue weighted by molar-refractivity contribution is 6.06. The van der Waals surface area contributed by atoms with E-state index in [1.165, 1.54) is 5.56 Å². The lowest BCUT2D eigenvalue weighted by atomic mass is 9.93. The molecule has 5 nitrogen and oxygen atoms in total. The first-order chi connectivity index (χ1) is 15.0. The molecule has 0 bridgehead atoms. The number of fused-ring (bicyclic) bond motifs is 3. The first-order valence-corrected chi connectivity index (χ1v) is 10.4. The molecule has 1 aromatic heterocycles. The topological polar surface area (TPSA) is 59.0 Å². The minimum absolute atomic E-state index is 0.117. The van der Waals surface area contributed by atoms with Crippen molar-refractivity contribution in [3.05, 3.63) is 101 Å². The van der Waals surface area contributed by atoms with Gasteiger partial charge in [-0.2, -0.15) is 0 Å². The monoisotopic (exact) mass is 408 g/mol. The molecule has 0 fully saturated rings. The van der Waals surface area contributed by atoms with Crippen molar-refractivity contribution < 1.29 is 4.79 Å². The lowest BCUT2D eigenvalue weighted by Crippen LogP contribution is -2.31. The molecule has 1 aliphatic rings. The van der Waals surface area contributed by atoms with E-state index in [0.29, 0.717) is 5.57 Å². The number of nitrogens with one attached hydrogen (secondary N) is 2. The van der Waals surface area contributed by atoms with E-state index in [-0.39, 0.29) is 11.9 Å². The van der Waals surface area contributed by atoms with Gasteiger partial charge in [-0.1, -0.05) is 60.2 Å². The lowest BCUT2D eigenvalue weighted by Gasteiger charge is -2.31. The Kier molecular flexibility index (Phi) is 4.59. The number of aryl methyl sites for hydroxylation is 2. The van der Waals surface area contributed by atoms with Gasteiger partial charge in [-0.25, -0.2) is 4.98 Å². The van der Waals surface area contributed by atoms with Crippen molar-refractivity contribution in [3.63, 3.8) is 0 Å². The molecule has 31 heavy (non-hydrogen) atoms. The average Bonchev–Trinajstić information content (AvgIpc) is 3.13. The second-order valence-electron chi connectivity index (χ2n) is 8.04. The minimum atomic E-state index is -0.284. The number of nitrogens with zero attached hydrogens (tertiary/aromatic N) is 2. The summed E-state index contributed by atoms with van der Waals surface area (Å²) < 4.78 is 2.12. The largest absolute Gasteiger partial charge is 0.329 e. The van der Waals surface area contributed by atoms with Crippen LogP contribution in [0.4, 0.5) is 11.6 Å². The molecule has 2 N–H and O–H groups in total. The van der Waals surface area contributed by atoms with Crippen molar-refractivity contribution in [3.8, 4) is 0 Å². The van der Waals surface area contributed by atoms with Crippen LogP contribution >= 0.6 is 0 Å². The van der Waals surface area contributed by atoms with Crippen molar-refractivity contribution in [2.24, 2.45) is 0 Å². The smallest absolute Gasteiger partial charge is 0.255 e. The SMILES string of the molecule is CC1=C(C(=O)Nc2ccccc2C)C(c2ccc(C)cc2)n2c(nc3ccccc32)N1. The maximum Gasteiger partial charge on any atom is 0.255 e. The van der Waals surface area contributed by atoms with E-state index in [1.807, 2.05) is 62.4 Å². The molecule has 3 aromatic carbocycles. The van der Waals surface area contributed by atoms with Crippen molar-refractivity contribution in [2.75, 3.05) is 10.6 Å². The van der Waals surface area contributed by atoms with E-state index in [2.05, 4.69) is 46.4 Å². The van der Waals surface area contributed by atoms with Gasteiger partial charge in [-0.15, -0.1) is 0 Å². The molecular weight excluding hydrogens is 384 g/mol. The Hall–Kier alpha value is -3.86. The van der Waals surface area contributed by atoms with Gasteiger partial charge < -0.3 is 10.6 Å². The molecule has 0 aliphatic carbocycles. The number of amides is 1. The van der Waals surface area contributed by atoms with Crippen molar-refractivity contribution in [2.45, 2.75) is 26.8 Å². The van der Waals surface area contributed by atoms with Gasteiger partial charge in [0.15, 0.2) is 0 Å². The van der Waals surface area contributed by atoms with Gasteiger partial charge in [0.1, 0.15) is 0 Å². The number of carbonyl (C=O) groups excluding carboxylic acids is 1. The van der Waals surface area contributed by atoms with Crippen molar-refractivity contribution in [1.82, 2.24) is 9.55 Å². The fourth-order valence-electron chi connectivity index (χ4n) is 4.22. The third-order valence-electron chi connectivity index (χ3n) is 5.86. The fourth-order valence-corrected chi connectivity index (χ4v) is 4.22. The summed E-state index contributed by atoms with van der Waals surface area (Å²) in [6.45, 7) is 6.00. The highest BCUT2D eigenvalue weighted by atomic mass is 16.1. The van der Waals surface area contributed by atoms with Crippen LogP contribution in [0.5, 0.6) is 0 Å². The van der Waals surface area contributed by atoms with Gasteiger partial charge in [0.25, 0.3) is 5.91 Å². The number of hydrogen-bond acceptors (Lipinski definition) is 3. The number of imidazole rings is 1. The molecule has 5 heteroatoms. The Morgan fingerprint density at radius 2 is 1.65 bits per heavy atom. The molecule has 1 aliphatic heterocycles. The van der Waals surface area contributed by atoms with Crippen LogP contribution in [0.3, 0.4) is 0 Å². The number of anilines is 2. The van der Waals surface area contributed by atoms with Gasteiger partial charge in [0.05, 0.1) is 22.6 Å². The maximum absolute atomic E-state index is 13.6. The molecule has 0 spiro atoms. The normalized spacial score (nSPS) is 15.5. The number of hydrogen-bond donors (Lipinski definition) is 2. The van der Waals surface area contributed by atoms with Gasteiger partial charge in [-0.05, 0) is 50.1 Å². The lowest BCUT2D eigenvalue weighted by molar-refractivity contribution is -0.113. The first-order valence-electron chi connectivity index (χ1n) is 10.4. The number of para-hydroxylation sites is 3. The van der Waals surface area contributed by atoms with E-state index in [0.717, 1.165) is 39.5 Å². The highest BCUT2D eigenvalue weighted by Crippen LogP contribution is 2.39. The molecule has 4 aromatic rings. The zero-order valence-electron chi connectivity index (χ0n) is 17.8. The summed E-state index contributed by atoms with van der Waals surface area (Å²) in [7, 11) is 0. The Labute approximate surface area is 181 Å². The molecule has 1 amide bonds. The van der Waals surface area contributed by atoms with Crippen LogP contribution in [0.25, 0.3) is 11.0 Å². The van der Waals surface area contributed by atoms with Crippen LogP contribution in [0.15, 0.2) is 84.1 Å². The number of carbonyl (C=O) groups is 1. The molecule has 1 unspecified atom stereocenters. The van der Waals surface area contributed by atoms with Crippen LogP contribution in [0.2, 0.25) is 0 Å². The minimum Gasteiger partial charge on any atom is -0.329 e. The second kappa shape index (κ2) is 7.43. The van der Waals surface area contributed by atoms with E-state index in [1.54, 1.807) is 0 Å². The summed E-state index contributed by atoms with van der Waals surface area (Å²) in [4.78, 5) is 18.4. The molecule has 5 rings (SSSR count). The average molecular weight is 409 g/mol. The highest BCUT2D eigenvalue weighted by Gasteiger charge is 2.34. The van der Waals surface area contributed by atoms with Crippen LogP contribution < -0.4 is 10.6 Å². The Balaban J connectivity index is 1.67.